The second-order valence-corrected chi connectivity index (χ2v) is 15.1. The molecule has 0 radical (unpaired) electrons. The number of allylic oxidation sites excluding steroid dienone is 3. The highest BCUT2D eigenvalue weighted by atomic mass is 16.5. The predicted molar refractivity (Wildman–Crippen MR) is 149 cm³/mol. The van der Waals surface area contributed by atoms with Crippen LogP contribution in [0.2, 0.25) is 0 Å². The quantitative estimate of drug-likeness (QED) is 0.376. The molecule has 1 fully saturated rings. The monoisotopic (exact) mass is 478 g/mol. The Morgan fingerprint density at radius 3 is 1.94 bits per heavy atom. The minimum Gasteiger partial charge on any atom is -0.459 e. The second kappa shape index (κ2) is 6.52. The maximum absolute atomic E-state index is 6.73. The van der Waals surface area contributed by atoms with Crippen LogP contribution < -0.4 is 20.4 Å². The van der Waals surface area contributed by atoms with Gasteiger partial charge in [0.15, 0.2) is 0 Å². The van der Waals surface area contributed by atoms with E-state index < -0.39 is 0 Å². The summed E-state index contributed by atoms with van der Waals surface area (Å²) in [6.07, 6.45) is 7.46. The molecule has 0 N–H and O–H groups in total. The van der Waals surface area contributed by atoms with E-state index in [1.807, 2.05) is 0 Å². The lowest BCUT2D eigenvalue weighted by Gasteiger charge is -2.40. The number of hydrogen-bond donors (Lipinski definition) is 0. The van der Waals surface area contributed by atoms with Gasteiger partial charge >= 0.3 is 0 Å². The first kappa shape index (κ1) is 22.8. The van der Waals surface area contributed by atoms with E-state index >= 15 is 0 Å². The Labute approximate surface area is 217 Å². The van der Waals surface area contributed by atoms with E-state index in [1.165, 1.54) is 39.5 Å². The summed E-state index contributed by atoms with van der Waals surface area (Å²) < 4.78 is 13.4. The maximum Gasteiger partial charge on any atom is 0.260 e. The van der Waals surface area contributed by atoms with E-state index in [0.717, 1.165) is 29.4 Å². The number of benzene rings is 2. The summed E-state index contributed by atoms with van der Waals surface area (Å²) in [4.78, 5) is 0. The van der Waals surface area contributed by atoms with Gasteiger partial charge in [0.2, 0.25) is 0 Å². The Morgan fingerprint density at radius 2 is 1.28 bits per heavy atom. The van der Waals surface area contributed by atoms with Crippen LogP contribution in [-0.2, 0) is 10.8 Å². The van der Waals surface area contributed by atoms with Crippen LogP contribution in [0.5, 0.6) is 17.2 Å². The fourth-order valence-electron chi connectivity index (χ4n) is 9.13. The normalized spacial score (nSPS) is 28.4. The smallest absolute Gasteiger partial charge is 0.260 e. The van der Waals surface area contributed by atoms with Crippen molar-refractivity contribution in [1.29, 1.82) is 0 Å². The fourth-order valence-corrected chi connectivity index (χ4v) is 9.13. The molecule has 2 heterocycles. The summed E-state index contributed by atoms with van der Waals surface area (Å²) in [5.74, 6) is 5.05. The summed E-state index contributed by atoms with van der Waals surface area (Å²) in [6.45, 7) is 21.7. The van der Waals surface area contributed by atoms with E-state index in [1.54, 1.807) is 0 Å². The lowest BCUT2D eigenvalue weighted by atomic mass is 9.33. The van der Waals surface area contributed by atoms with Crippen molar-refractivity contribution in [3.8, 4) is 17.2 Å². The van der Waals surface area contributed by atoms with Crippen LogP contribution in [0.1, 0.15) is 84.9 Å². The zero-order valence-electron chi connectivity index (χ0n) is 23.4. The van der Waals surface area contributed by atoms with Crippen LogP contribution in [0.25, 0.3) is 0 Å². The summed E-state index contributed by atoms with van der Waals surface area (Å²) in [7, 11) is 0. The average molecular weight is 478 g/mol. The average Bonchev–Trinajstić information content (AvgIpc) is 3.04. The molecule has 5 aliphatic rings. The molecule has 0 aromatic heterocycles. The molecular weight excluding hydrogens is 439 g/mol. The number of fused-ring (bicyclic) bond motifs is 6. The van der Waals surface area contributed by atoms with E-state index in [4.69, 9.17) is 9.47 Å². The van der Waals surface area contributed by atoms with E-state index in [2.05, 4.69) is 98.7 Å². The van der Waals surface area contributed by atoms with Crippen LogP contribution in [-0.4, -0.2) is 6.71 Å². The summed E-state index contributed by atoms with van der Waals surface area (Å²) in [6, 6.07) is 9.27. The van der Waals surface area contributed by atoms with E-state index in [-0.39, 0.29) is 28.4 Å². The van der Waals surface area contributed by atoms with Crippen molar-refractivity contribution in [1.82, 2.24) is 0 Å². The Hall–Kier alpha value is -2.42. The molecule has 2 aromatic carbocycles. The first-order valence-corrected chi connectivity index (χ1v) is 13.8. The number of rotatable bonds is 0. The fraction of sp³-hybridized carbons (Fsp3) is 0.515. The van der Waals surface area contributed by atoms with Crippen LogP contribution in [0.15, 0.2) is 47.6 Å². The van der Waals surface area contributed by atoms with Gasteiger partial charge in [-0.1, -0.05) is 67.5 Å². The molecule has 0 saturated heterocycles. The number of hydrogen-bond acceptors (Lipinski definition) is 2. The van der Waals surface area contributed by atoms with Gasteiger partial charge < -0.3 is 9.47 Å². The van der Waals surface area contributed by atoms with Crippen LogP contribution in [0, 0.1) is 29.6 Å². The molecule has 2 aliphatic heterocycles. The third kappa shape index (κ3) is 2.86. The Bertz CT molecular complexity index is 1420. The number of ether oxygens (including phenoxy) is 2. The topological polar surface area (TPSA) is 18.5 Å². The Morgan fingerprint density at radius 1 is 0.694 bits per heavy atom. The van der Waals surface area contributed by atoms with Crippen molar-refractivity contribution in [3.63, 3.8) is 0 Å². The second-order valence-electron chi connectivity index (χ2n) is 15.1. The molecule has 0 spiro atoms. The van der Waals surface area contributed by atoms with E-state index in [9.17, 15) is 0 Å². The van der Waals surface area contributed by atoms with Gasteiger partial charge in [-0.15, -0.1) is 0 Å². The van der Waals surface area contributed by atoms with Crippen molar-refractivity contribution < 1.29 is 9.47 Å². The standard InChI is InChI=1S/C33H39BO2/c1-18-10-27-29-28(11-18)36-26-15-22-20(31(4,5)17-33(22,8)9)13-24(26)34(29)23-12-19-21(14-25(23)35-27)32(6,7)16-30(19,2)3/h10-15,19,21H,16-17H2,1-9H3. The molecule has 36 heavy (non-hydrogen) atoms. The lowest BCUT2D eigenvalue weighted by molar-refractivity contribution is 0.277. The molecule has 0 bridgehead atoms. The largest absolute Gasteiger partial charge is 0.459 e. The molecule has 2 atom stereocenters. The van der Waals surface area contributed by atoms with E-state index in [0.29, 0.717) is 11.8 Å². The van der Waals surface area contributed by atoms with Crippen molar-refractivity contribution >= 4 is 17.6 Å². The summed E-state index contributed by atoms with van der Waals surface area (Å²) >= 11 is 0. The highest BCUT2D eigenvalue weighted by Gasteiger charge is 2.55. The van der Waals surface area contributed by atoms with Gasteiger partial charge in [-0.25, -0.2) is 0 Å². The zero-order valence-corrected chi connectivity index (χ0v) is 23.4. The van der Waals surface area contributed by atoms with Crippen LogP contribution in [0.3, 0.4) is 0 Å². The predicted octanol–water partition coefficient (Wildman–Crippen LogP) is 7.11. The summed E-state index contributed by atoms with van der Waals surface area (Å²) in [5, 5.41) is 0. The highest BCUT2D eigenvalue weighted by molar-refractivity contribution is 6.94. The molecule has 3 aliphatic carbocycles. The molecule has 2 unspecified atom stereocenters. The summed E-state index contributed by atoms with van der Waals surface area (Å²) in [5.41, 5.74) is 8.79. The minimum absolute atomic E-state index is 0.146. The Kier molecular flexibility index (Phi) is 4.12. The van der Waals surface area contributed by atoms with Gasteiger partial charge in [-0.2, -0.15) is 0 Å². The minimum atomic E-state index is 0.146. The molecule has 7 rings (SSSR count). The van der Waals surface area contributed by atoms with Gasteiger partial charge in [0, 0.05) is 5.46 Å². The first-order chi connectivity index (χ1) is 16.7. The molecule has 186 valence electrons. The molecule has 2 nitrogen and oxygen atoms in total. The third-order valence-corrected chi connectivity index (χ3v) is 10.2. The SMILES string of the molecule is Cc1cc2c3c(c1)Oc1cc4c(cc1B3C1=CC3C(C=C1O2)C(C)(C)CC3(C)C)C(C)(C)CC4(C)C. The van der Waals surface area contributed by atoms with Crippen molar-refractivity contribution in [3.05, 3.63) is 64.3 Å². The van der Waals surface area contributed by atoms with Crippen molar-refractivity contribution in [2.24, 2.45) is 22.7 Å². The molecule has 3 heteroatoms. The zero-order chi connectivity index (χ0) is 25.6. The van der Waals surface area contributed by atoms with Gasteiger partial charge in [-0.3, -0.25) is 0 Å². The van der Waals surface area contributed by atoms with Crippen molar-refractivity contribution in [2.75, 3.05) is 0 Å². The van der Waals surface area contributed by atoms with Crippen LogP contribution in [0.4, 0.5) is 0 Å². The van der Waals surface area contributed by atoms with Gasteiger partial charge in [0.05, 0.1) is 0 Å². The molecule has 2 aromatic rings. The highest BCUT2D eigenvalue weighted by Crippen LogP contribution is 2.60. The van der Waals surface area contributed by atoms with Crippen LogP contribution >= 0.6 is 0 Å². The van der Waals surface area contributed by atoms with Gasteiger partial charge in [0.25, 0.3) is 6.71 Å². The molecule has 0 amide bonds. The van der Waals surface area contributed by atoms with Crippen molar-refractivity contribution in [2.45, 2.75) is 86.0 Å². The van der Waals surface area contributed by atoms with Gasteiger partial charge in [-0.05, 0) is 105 Å². The molecular formula is C33H39BO2. The van der Waals surface area contributed by atoms with Gasteiger partial charge in [0.1, 0.15) is 23.0 Å². The molecule has 1 saturated carbocycles. The maximum atomic E-state index is 6.73. The first-order valence-electron chi connectivity index (χ1n) is 13.8. The number of aryl methyl sites for hydroxylation is 1. The third-order valence-electron chi connectivity index (χ3n) is 10.2. The Balaban J connectivity index is 1.49. The lowest BCUT2D eigenvalue weighted by Crippen LogP contribution is -2.53.